The summed E-state index contributed by atoms with van der Waals surface area (Å²) < 4.78 is 5.70. The summed E-state index contributed by atoms with van der Waals surface area (Å²) >= 11 is 0. The number of aliphatic hydroxyl groups is 1. The van der Waals surface area contributed by atoms with E-state index in [0.717, 1.165) is 11.3 Å². The zero-order chi connectivity index (χ0) is 19.5. The SMILES string of the molecule is Cl.O=C(NCC1CNCC1O)c1cccc(NC(=O)C2Cc3ccccc3O2)c1. The number of anilines is 1. The molecule has 0 spiro atoms. The van der Waals surface area contributed by atoms with E-state index in [4.69, 9.17) is 4.74 Å². The first kappa shape index (κ1) is 21.1. The molecular formula is C21H24ClN3O4. The molecule has 3 unspecified atom stereocenters. The Hall–Kier alpha value is -2.61. The Bertz CT molecular complexity index is 867. The van der Waals surface area contributed by atoms with Gasteiger partial charge in [0.15, 0.2) is 6.10 Å². The normalized spacial score (nSPS) is 22.2. The summed E-state index contributed by atoms with van der Waals surface area (Å²) in [7, 11) is 0. The zero-order valence-electron chi connectivity index (χ0n) is 15.8. The molecule has 2 aromatic rings. The van der Waals surface area contributed by atoms with Crippen LogP contribution in [0.2, 0.25) is 0 Å². The predicted molar refractivity (Wildman–Crippen MR) is 112 cm³/mol. The molecule has 7 nitrogen and oxygen atoms in total. The molecule has 1 fully saturated rings. The number of para-hydroxylation sites is 1. The molecule has 0 aliphatic carbocycles. The number of halogens is 1. The van der Waals surface area contributed by atoms with Crippen LogP contribution in [-0.4, -0.2) is 48.8 Å². The number of ether oxygens (including phenoxy) is 1. The highest BCUT2D eigenvalue weighted by atomic mass is 35.5. The van der Waals surface area contributed by atoms with E-state index in [-0.39, 0.29) is 30.1 Å². The summed E-state index contributed by atoms with van der Waals surface area (Å²) in [6.07, 6.45) is -0.493. The fourth-order valence-electron chi connectivity index (χ4n) is 3.54. The van der Waals surface area contributed by atoms with Crippen LogP contribution < -0.4 is 20.7 Å². The molecule has 3 atom stereocenters. The van der Waals surface area contributed by atoms with E-state index < -0.39 is 12.2 Å². The first-order valence-electron chi connectivity index (χ1n) is 9.42. The lowest BCUT2D eigenvalue weighted by Gasteiger charge is -2.15. The number of amides is 2. The molecule has 1 saturated heterocycles. The molecule has 2 aliphatic rings. The second kappa shape index (κ2) is 9.26. The van der Waals surface area contributed by atoms with Crippen LogP contribution in [0.25, 0.3) is 0 Å². The Morgan fingerprint density at radius 1 is 1.14 bits per heavy atom. The van der Waals surface area contributed by atoms with Gasteiger partial charge in [-0.3, -0.25) is 9.59 Å². The number of aliphatic hydroxyl groups excluding tert-OH is 1. The van der Waals surface area contributed by atoms with Gasteiger partial charge in [0, 0.05) is 43.2 Å². The van der Waals surface area contributed by atoms with Gasteiger partial charge in [-0.05, 0) is 29.8 Å². The Labute approximate surface area is 175 Å². The predicted octanol–water partition coefficient (Wildman–Crippen LogP) is 1.36. The highest BCUT2D eigenvalue weighted by molar-refractivity contribution is 5.98. The van der Waals surface area contributed by atoms with Gasteiger partial charge in [0.2, 0.25) is 0 Å². The third kappa shape index (κ3) is 4.87. The molecule has 0 aromatic heterocycles. The lowest BCUT2D eigenvalue weighted by Crippen LogP contribution is -2.34. The third-order valence-electron chi connectivity index (χ3n) is 5.16. The van der Waals surface area contributed by atoms with E-state index in [9.17, 15) is 14.7 Å². The number of β-amino-alcohol motifs (C(OH)–C–C–N with tert-alkyl or cyclic N) is 1. The topological polar surface area (TPSA) is 99.7 Å². The van der Waals surface area contributed by atoms with Gasteiger partial charge in [0.05, 0.1) is 6.10 Å². The van der Waals surface area contributed by atoms with Crippen molar-refractivity contribution in [1.82, 2.24) is 10.6 Å². The van der Waals surface area contributed by atoms with E-state index in [0.29, 0.717) is 37.3 Å². The minimum Gasteiger partial charge on any atom is -0.480 e. The highest BCUT2D eigenvalue weighted by Gasteiger charge is 2.29. The van der Waals surface area contributed by atoms with Crippen molar-refractivity contribution in [1.29, 1.82) is 0 Å². The Morgan fingerprint density at radius 3 is 2.72 bits per heavy atom. The molecule has 2 amide bonds. The van der Waals surface area contributed by atoms with Gasteiger partial charge < -0.3 is 25.8 Å². The van der Waals surface area contributed by atoms with Crippen molar-refractivity contribution in [3.05, 3.63) is 59.7 Å². The first-order valence-corrected chi connectivity index (χ1v) is 9.42. The molecule has 29 heavy (non-hydrogen) atoms. The largest absolute Gasteiger partial charge is 0.480 e. The summed E-state index contributed by atoms with van der Waals surface area (Å²) in [5, 5.41) is 18.6. The van der Waals surface area contributed by atoms with Crippen LogP contribution in [0.5, 0.6) is 5.75 Å². The van der Waals surface area contributed by atoms with Crippen molar-refractivity contribution in [2.45, 2.75) is 18.6 Å². The van der Waals surface area contributed by atoms with Gasteiger partial charge in [0.25, 0.3) is 11.8 Å². The minimum absolute atomic E-state index is 0. The first-order chi connectivity index (χ1) is 13.6. The average Bonchev–Trinajstić information content (AvgIpc) is 3.32. The molecule has 0 radical (unpaired) electrons. The molecule has 0 saturated carbocycles. The maximum atomic E-state index is 12.5. The fraction of sp³-hybridized carbons (Fsp3) is 0.333. The van der Waals surface area contributed by atoms with Crippen LogP contribution in [0, 0.1) is 5.92 Å². The maximum Gasteiger partial charge on any atom is 0.265 e. The standard InChI is InChI=1S/C21H23N3O4.ClH/c25-17-12-22-10-15(17)11-23-20(26)14-5-3-6-16(8-14)24-21(27)19-9-13-4-1-2-7-18(13)28-19;/h1-8,15,17,19,22,25H,9-12H2,(H,23,26)(H,24,27);1H. The number of fused-ring (bicyclic) bond motifs is 1. The zero-order valence-corrected chi connectivity index (χ0v) is 16.6. The van der Waals surface area contributed by atoms with Crippen LogP contribution in [-0.2, 0) is 11.2 Å². The summed E-state index contributed by atoms with van der Waals surface area (Å²) in [4.78, 5) is 24.9. The third-order valence-corrected chi connectivity index (χ3v) is 5.16. The average molecular weight is 418 g/mol. The van der Waals surface area contributed by atoms with Gasteiger partial charge in [-0.2, -0.15) is 0 Å². The fourth-order valence-corrected chi connectivity index (χ4v) is 3.54. The summed E-state index contributed by atoms with van der Waals surface area (Å²) in [6.45, 7) is 1.63. The van der Waals surface area contributed by atoms with Gasteiger partial charge in [-0.1, -0.05) is 24.3 Å². The number of hydrogen-bond acceptors (Lipinski definition) is 5. The minimum atomic E-state index is -0.578. The van der Waals surface area contributed by atoms with Crippen molar-refractivity contribution in [3.8, 4) is 5.75 Å². The lowest BCUT2D eigenvalue weighted by atomic mass is 10.1. The molecule has 2 aliphatic heterocycles. The summed E-state index contributed by atoms with van der Waals surface area (Å²) in [5.41, 5.74) is 2.01. The highest BCUT2D eigenvalue weighted by Crippen LogP contribution is 2.28. The lowest BCUT2D eigenvalue weighted by molar-refractivity contribution is -0.122. The molecule has 4 N–H and O–H groups in total. The number of nitrogens with one attached hydrogen (secondary N) is 3. The van der Waals surface area contributed by atoms with Crippen molar-refractivity contribution < 1.29 is 19.4 Å². The number of carbonyl (C=O) groups is 2. The van der Waals surface area contributed by atoms with Crippen molar-refractivity contribution in [3.63, 3.8) is 0 Å². The van der Waals surface area contributed by atoms with Gasteiger partial charge in [0.1, 0.15) is 5.75 Å². The number of hydrogen-bond donors (Lipinski definition) is 4. The van der Waals surface area contributed by atoms with Crippen molar-refractivity contribution >= 4 is 29.9 Å². The van der Waals surface area contributed by atoms with E-state index in [1.54, 1.807) is 24.3 Å². The molecular weight excluding hydrogens is 394 g/mol. The molecule has 4 rings (SSSR count). The number of rotatable bonds is 5. The molecule has 0 bridgehead atoms. The van der Waals surface area contributed by atoms with Crippen molar-refractivity contribution in [2.24, 2.45) is 5.92 Å². The van der Waals surface area contributed by atoms with E-state index >= 15 is 0 Å². The second-order valence-corrected chi connectivity index (χ2v) is 7.18. The van der Waals surface area contributed by atoms with Gasteiger partial charge in [-0.15, -0.1) is 12.4 Å². The second-order valence-electron chi connectivity index (χ2n) is 7.18. The van der Waals surface area contributed by atoms with E-state index in [1.807, 2.05) is 24.3 Å². The van der Waals surface area contributed by atoms with Crippen LogP contribution in [0.1, 0.15) is 15.9 Å². The smallest absolute Gasteiger partial charge is 0.265 e. The van der Waals surface area contributed by atoms with Crippen LogP contribution in [0.3, 0.4) is 0 Å². The molecule has 154 valence electrons. The van der Waals surface area contributed by atoms with Crippen LogP contribution >= 0.6 is 12.4 Å². The summed E-state index contributed by atoms with van der Waals surface area (Å²) in [6, 6.07) is 14.4. The van der Waals surface area contributed by atoms with Crippen molar-refractivity contribution in [2.75, 3.05) is 25.0 Å². The summed E-state index contributed by atoms with van der Waals surface area (Å²) in [5.74, 6) is 0.265. The van der Waals surface area contributed by atoms with E-state index in [1.165, 1.54) is 0 Å². The molecule has 8 heteroatoms. The quantitative estimate of drug-likeness (QED) is 0.588. The van der Waals surface area contributed by atoms with Crippen LogP contribution in [0.15, 0.2) is 48.5 Å². The number of carbonyl (C=O) groups excluding carboxylic acids is 2. The Morgan fingerprint density at radius 2 is 1.97 bits per heavy atom. The number of benzene rings is 2. The van der Waals surface area contributed by atoms with Gasteiger partial charge in [-0.25, -0.2) is 0 Å². The van der Waals surface area contributed by atoms with E-state index in [2.05, 4.69) is 16.0 Å². The maximum absolute atomic E-state index is 12.5. The Balaban J connectivity index is 0.00000240. The molecule has 2 aromatic carbocycles. The Kier molecular flexibility index (Phi) is 6.74. The molecule has 2 heterocycles. The van der Waals surface area contributed by atoms with Gasteiger partial charge >= 0.3 is 0 Å². The van der Waals surface area contributed by atoms with Crippen LogP contribution in [0.4, 0.5) is 5.69 Å². The monoisotopic (exact) mass is 417 g/mol.